The van der Waals surface area contributed by atoms with Gasteiger partial charge in [-0.3, -0.25) is 4.79 Å². The molecular formula is C19H23NO3. The van der Waals surface area contributed by atoms with Gasteiger partial charge in [-0.25, -0.2) is 0 Å². The number of carbonyl (C=O) groups excluding carboxylic acids is 1. The highest BCUT2D eigenvalue weighted by Gasteiger charge is 2.08. The molecule has 1 N–H and O–H groups in total. The lowest BCUT2D eigenvalue weighted by Gasteiger charge is -2.11. The van der Waals surface area contributed by atoms with Gasteiger partial charge in [-0.1, -0.05) is 30.3 Å². The number of para-hydroxylation sites is 1. The van der Waals surface area contributed by atoms with Gasteiger partial charge in [-0.05, 0) is 37.1 Å². The average Bonchev–Trinajstić information content (AvgIpc) is 2.56. The molecule has 23 heavy (non-hydrogen) atoms. The molecule has 0 unspecified atom stereocenters. The maximum absolute atomic E-state index is 12.1. The van der Waals surface area contributed by atoms with Crippen LogP contribution in [0.3, 0.4) is 0 Å². The maximum Gasteiger partial charge on any atom is 0.224 e. The number of methoxy groups -OCH3 is 1. The molecule has 0 fully saturated rings. The van der Waals surface area contributed by atoms with Gasteiger partial charge in [0.25, 0.3) is 0 Å². The van der Waals surface area contributed by atoms with Gasteiger partial charge in [0.15, 0.2) is 0 Å². The molecule has 0 aromatic heterocycles. The lowest BCUT2D eigenvalue weighted by molar-refractivity contribution is -0.120. The van der Waals surface area contributed by atoms with E-state index in [1.807, 2.05) is 56.3 Å². The van der Waals surface area contributed by atoms with Crippen molar-refractivity contribution >= 4 is 5.91 Å². The van der Waals surface area contributed by atoms with Gasteiger partial charge in [0.2, 0.25) is 5.91 Å². The molecule has 122 valence electrons. The van der Waals surface area contributed by atoms with Crippen LogP contribution < -0.4 is 14.8 Å². The number of ether oxygens (including phenoxy) is 2. The molecule has 0 heterocycles. The number of amides is 1. The molecule has 2 aromatic carbocycles. The van der Waals surface area contributed by atoms with E-state index in [0.29, 0.717) is 19.6 Å². The lowest BCUT2D eigenvalue weighted by atomic mass is 10.1. The highest BCUT2D eigenvalue weighted by atomic mass is 16.5. The normalized spacial score (nSPS) is 10.2. The average molecular weight is 313 g/mol. The number of hydrogen-bond acceptors (Lipinski definition) is 3. The van der Waals surface area contributed by atoms with E-state index in [2.05, 4.69) is 5.32 Å². The largest absolute Gasteiger partial charge is 0.496 e. The van der Waals surface area contributed by atoms with Crippen molar-refractivity contribution in [2.24, 2.45) is 0 Å². The molecule has 4 nitrogen and oxygen atoms in total. The zero-order valence-corrected chi connectivity index (χ0v) is 13.9. The summed E-state index contributed by atoms with van der Waals surface area (Å²) in [6.07, 6.45) is 0.306. The standard InChI is InChI=1S/C19H23NO3/c1-4-23-17-10-9-15(11-14(17)2)13-20-19(21)12-16-7-5-6-8-18(16)22-3/h5-11H,4,12-13H2,1-3H3,(H,20,21). The van der Waals surface area contributed by atoms with E-state index in [9.17, 15) is 4.79 Å². The van der Waals surface area contributed by atoms with Crippen molar-refractivity contribution in [3.05, 3.63) is 59.2 Å². The quantitative estimate of drug-likeness (QED) is 0.853. The molecule has 1 amide bonds. The number of benzene rings is 2. The van der Waals surface area contributed by atoms with E-state index in [1.54, 1.807) is 7.11 Å². The van der Waals surface area contributed by atoms with Gasteiger partial charge in [0.05, 0.1) is 20.1 Å². The third-order valence-electron chi connectivity index (χ3n) is 3.57. The van der Waals surface area contributed by atoms with Crippen molar-refractivity contribution in [3.8, 4) is 11.5 Å². The van der Waals surface area contributed by atoms with E-state index in [0.717, 1.165) is 28.2 Å². The third kappa shape index (κ3) is 4.74. The molecule has 2 aromatic rings. The van der Waals surface area contributed by atoms with E-state index >= 15 is 0 Å². The minimum atomic E-state index is -0.0268. The van der Waals surface area contributed by atoms with Crippen LogP contribution in [0.5, 0.6) is 11.5 Å². The van der Waals surface area contributed by atoms with Crippen molar-refractivity contribution in [1.29, 1.82) is 0 Å². The van der Waals surface area contributed by atoms with E-state index in [1.165, 1.54) is 0 Å². The fraction of sp³-hybridized carbons (Fsp3) is 0.316. The number of hydrogen-bond donors (Lipinski definition) is 1. The first-order valence-electron chi connectivity index (χ1n) is 7.75. The summed E-state index contributed by atoms with van der Waals surface area (Å²) in [7, 11) is 1.61. The molecule has 0 aliphatic carbocycles. The number of carbonyl (C=O) groups is 1. The zero-order chi connectivity index (χ0) is 16.7. The van der Waals surface area contributed by atoms with Crippen LogP contribution in [-0.2, 0) is 17.8 Å². The molecule has 0 saturated heterocycles. The summed E-state index contributed by atoms with van der Waals surface area (Å²) >= 11 is 0. The monoisotopic (exact) mass is 313 g/mol. The summed E-state index contributed by atoms with van der Waals surface area (Å²) in [4.78, 5) is 12.1. The van der Waals surface area contributed by atoms with E-state index in [-0.39, 0.29) is 5.91 Å². The Morgan fingerprint density at radius 1 is 1.13 bits per heavy atom. The van der Waals surface area contributed by atoms with Gasteiger partial charge in [0, 0.05) is 12.1 Å². The van der Waals surface area contributed by atoms with Gasteiger partial charge in [0.1, 0.15) is 11.5 Å². The molecule has 2 rings (SSSR count). The van der Waals surface area contributed by atoms with Crippen molar-refractivity contribution in [3.63, 3.8) is 0 Å². The fourth-order valence-corrected chi connectivity index (χ4v) is 2.42. The Balaban J connectivity index is 1.93. The van der Waals surface area contributed by atoms with Crippen LogP contribution in [-0.4, -0.2) is 19.6 Å². The Hall–Kier alpha value is -2.49. The van der Waals surface area contributed by atoms with E-state index in [4.69, 9.17) is 9.47 Å². The van der Waals surface area contributed by atoms with Crippen LogP contribution >= 0.6 is 0 Å². The molecule has 0 radical (unpaired) electrons. The summed E-state index contributed by atoms with van der Waals surface area (Å²) in [6.45, 7) is 5.12. The van der Waals surface area contributed by atoms with Crippen LogP contribution in [0.15, 0.2) is 42.5 Å². The minimum absolute atomic E-state index is 0.0268. The molecular weight excluding hydrogens is 290 g/mol. The summed E-state index contributed by atoms with van der Waals surface area (Å²) < 4.78 is 10.8. The second kappa shape index (κ2) is 8.22. The minimum Gasteiger partial charge on any atom is -0.496 e. The Morgan fingerprint density at radius 3 is 2.61 bits per heavy atom. The molecule has 0 aliphatic heterocycles. The summed E-state index contributed by atoms with van der Waals surface area (Å²) in [5.41, 5.74) is 3.01. The van der Waals surface area contributed by atoms with Gasteiger partial charge in [-0.2, -0.15) is 0 Å². The lowest BCUT2D eigenvalue weighted by Crippen LogP contribution is -2.24. The van der Waals surface area contributed by atoms with Gasteiger partial charge >= 0.3 is 0 Å². The first kappa shape index (κ1) is 16.9. The number of aryl methyl sites for hydroxylation is 1. The molecule has 0 aliphatic rings. The van der Waals surface area contributed by atoms with Crippen molar-refractivity contribution in [1.82, 2.24) is 5.32 Å². The van der Waals surface area contributed by atoms with Crippen LogP contribution in [0.25, 0.3) is 0 Å². The predicted molar refractivity (Wildman–Crippen MR) is 90.9 cm³/mol. The second-order valence-electron chi connectivity index (χ2n) is 5.30. The predicted octanol–water partition coefficient (Wildman–Crippen LogP) is 3.26. The molecule has 0 bridgehead atoms. The Bertz CT molecular complexity index is 667. The summed E-state index contributed by atoms with van der Waals surface area (Å²) in [5.74, 6) is 1.59. The number of nitrogens with one attached hydrogen (secondary N) is 1. The van der Waals surface area contributed by atoms with Gasteiger partial charge < -0.3 is 14.8 Å². The summed E-state index contributed by atoms with van der Waals surface area (Å²) in [6, 6.07) is 13.5. The molecule has 0 saturated carbocycles. The van der Waals surface area contributed by atoms with E-state index < -0.39 is 0 Å². The zero-order valence-electron chi connectivity index (χ0n) is 13.9. The van der Waals surface area contributed by atoms with Crippen molar-refractivity contribution < 1.29 is 14.3 Å². The first-order valence-corrected chi connectivity index (χ1v) is 7.75. The maximum atomic E-state index is 12.1. The van der Waals surface area contributed by atoms with Crippen molar-refractivity contribution in [2.75, 3.05) is 13.7 Å². The second-order valence-corrected chi connectivity index (χ2v) is 5.30. The fourth-order valence-electron chi connectivity index (χ4n) is 2.42. The summed E-state index contributed by atoms with van der Waals surface area (Å²) in [5, 5.41) is 2.94. The van der Waals surface area contributed by atoms with Crippen molar-refractivity contribution in [2.45, 2.75) is 26.8 Å². The Kier molecular flexibility index (Phi) is 6.03. The first-order chi connectivity index (χ1) is 11.1. The number of rotatable bonds is 7. The molecule has 4 heteroatoms. The Labute approximate surface area is 137 Å². The van der Waals surface area contributed by atoms with Gasteiger partial charge in [-0.15, -0.1) is 0 Å². The highest BCUT2D eigenvalue weighted by molar-refractivity contribution is 5.79. The molecule has 0 spiro atoms. The van der Waals surface area contributed by atoms with Crippen LogP contribution in [0.4, 0.5) is 0 Å². The SMILES string of the molecule is CCOc1ccc(CNC(=O)Cc2ccccc2OC)cc1C. The smallest absolute Gasteiger partial charge is 0.224 e. The van der Waals surface area contributed by atoms with Crippen LogP contribution in [0, 0.1) is 6.92 Å². The van der Waals surface area contributed by atoms with Crippen LogP contribution in [0.1, 0.15) is 23.6 Å². The highest BCUT2D eigenvalue weighted by Crippen LogP contribution is 2.20. The van der Waals surface area contributed by atoms with Crippen LogP contribution in [0.2, 0.25) is 0 Å². The topological polar surface area (TPSA) is 47.6 Å². The third-order valence-corrected chi connectivity index (χ3v) is 3.57. The Morgan fingerprint density at radius 2 is 1.91 bits per heavy atom. The molecule has 0 atom stereocenters.